The summed E-state index contributed by atoms with van der Waals surface area (Å²) in [6.07, 6.45) is 1.65. The first-order chi connectivity index (χ1) is 13.7. The molecule has 1 aliphatic rings. The number of morpholine rings is 1. The van der Waals surface area contributed by atoms with E-state index in [1.54, 1.807) is 36.4 Å². The van der Waals surface area contributed by atoms with Crippen LogP contribution in [0.25, 0.3) is 0 Å². The monoisotopic (exact) mass is 403 g/mol. The Morgan fingerprint density at radius 1 is 1.25 bits per heavy atom. The number of hydrogen-bond acceptors (Lipinski definition) is 6. The van der Waals surface area contributed by atoms with Crippen LogP contribution in [0.1, 0.15) is 5.56 Å². The van der Waals surface area contributed by atoms with Crippen molar-refractivity contribution < 1.29 is 19.0 Å². The van der Waals surface area contributed by atoms with Crippen molar-refractivity contribution in [3.05, 3.63) is 53.1 Å². The van der Waals surface area contributed by atoms with E-state index in [1.165, 1.54) is 0 Å². The van der Waals surface area contributed by atoms with E-state index < -0.39 is 0 Å². The second-order valence-corrected chi connectivity index (χ2v) is 6.45. The number of anilines is 1. The van der Waals surface area contributed by atoms with E-state index in [-0.39, 0.29) is 12.5 Å². The number of nitrogens with one attached hydrogen (secondary N) is 1. The highest BCUT2D eigenvalue weighted by molar-refractivity contribution is 6.33. The molecule has 3 rings (SSSR count). The van der Waals surface area contributed by atoms with Gasteiger partial charge in [-0.2, -0.15) is 5.10 Å². The lowest BCUT2D eigenvalue weighted by Crippen LogP contribution is -2.43. The minimum absolute atomic E-state index is 0.0438. The molecular formula is C20H22ClN3O4. The summed E-state index contributed by atoms with van der Waals surface area (Å²) in [5.74, 6) is 0.955. The van der Waals surface area contributed by atoms with Crippen LogP contribution in [0.15, 0.2) is 47.6 Å². The van der Waals surface area contributed by atoms with Crippen LogP contribution < -0.4 is 14.9 Å². The number of para-hydroxylation sites is 1. The van der Waals surface area contributed by atoms with E-state index in [0.29, 0.717) is 48.5 Å². The Kier molecular flexibility index (Phi) is 7.11. The van der Waals surface area contributed by atoms with Gasteiger partial charge in [0.15, 0.2) is 18.1 Å². The van der Waals surface area contributed by atoms with E-state index in [1.807, 2.05) is 24.3 Å². The van der Waals surface area contributed by atoms with Gasteiger partial charge in [0.1, 0.15) is 0 Å². The van der Waals surface area contributed by atoms with Gasteiger partial charge in [0.25, 0.3) is 5.91 Å². The van der Waals surface area contributed by atoms with Crippen molar-refractivity contribution in [2.75, 3.05) is 45.4 Å². The van der Waals surface area contributed by atoms with Crippen molar-refractivity contribution in [3.8, 4) is 11.5 Å². The molecule has 1 N–H and O–H groups in total. The first-order valence-electron chi connectivity index (χ1n) is 8.87. The molecule has 7 nitrogen and oxygen atoms in total. The molecule has 28 heavy (non-hydrogen) atoms. The largest absolute Gasteiger partial charge is 0.493 e. The molecule has 1 saturated heterocycles. The maximum Gasteiger partial charge on any atom is 0.260 e. The summed E-state index contributed by atoms with van der Waals surface area (Å²) in [6.45, 7) is 2.26. The highest BCUT2D eigenvalue weighted by Crippen LogP contribution is 2.28. The van der Waals surface area contributed by atoms with Crippen LogP contribution >= 0.6 is 11.6 Å². The molecule has 0 radical (unpaired) electrons. The molecular weight excluding hydrogens is 382 g/mol. The van der Waals surface area contributed by atoms with Gasteiger partial charge in [-0.15, -0.1) is 0 Å². The van der Waals surface area contributed by atoms with Gasteiger partial charge in [0, 0.05) is 13.1 Å². The number of hydrazone groups is 1. The van der Waals surface area contributed by atoms with Gasteiger partial charge in [-0.1, -0.05) is 23.7 Å². The van der Waals surface area contributed by atoms with Crippen LogP contribution in [-0.2, 0) is 9.53 Å². The van der Waals surface area contributed by atoms with Crippen LogP contribution in [0.5, 0.6) is 11.5 Å². The summed E-state index contributed by atoms with van der Waals surface area (Å²) in [5, 5.41) is 4.77. The first kappa shape index (κ1) is 20.0. The number of carbonyl (C=O) groups excluding carboxylic acids is 1. The topological polar surface area (TPSA) is 72.4 Å². The molecule has 0 spiro atoms. The average Bonchev–Trinajstić information content (AvgIpc) is 2.74. The average molecular weight is 404 g/mol. The normalized spacial score (nSPS) is 14.1. The van der Waals surface area contributed by atoms with Gasteiger partial charge < -0.3 is 19.1 Å². The van der Waals surface area contributed by atoms with Crippen LogP contribution in [0.2, 0.25) is 5.02 Å². The van der Waals surface area contributed by atoms with E-state index in [2.05, 4.69) is 10.5 Å². The van der Waals surface area contributed by atoms with Crippen LogP contribution in [0.3, 0.4) is 0 Å². The molecule has 0 atom stereocenters. The number of hydrogen-bond donors (Lipinski definition) is 1. The minimum atomic E-state index is -0.0695. The van der Waals surface area contributed by atoms with Crippen molar-refractivity contribution in [2.24, 2.45) is 5.10 Å². The van der Waals surface area contributed by atoms with Gasteiger partial charge in [0.05, 0.1) is 37.2 Å². The second kappa shape index (κ2) is 9.96. The number of nitrogens with zero attached hydrogens (tertiary/aromatic N) is 2. The molecule has 0 unspecified atom stereocenters. The minimum Gasteiger partial charge on any atom is -0.493 e. The Labute approximate surface area is 168 Å². The Morgan fingerprint density at radius 3 is 2.79 bits per heavy atom. The van der Waals surface area contributed by atoms with Crippen LogP contribution in [0, 0.1) is 0 Å². The van der Waals surface area contributed by atoms with Crippen molar-refractivity contribution >= 4 is 29.4 Å². The fourth-order valence-electron chi connectivity index (χ4n) is 2.66. The summed E-state index contributed by atoms with van der Waals surface area (Å²) in [4.78, 5) is 13.9. The molecule has 0 aliphatic carbocycles. The van der Waals surface area contributed by atoms with Gasteiger partial charge in [-0.25, -0.2) is 0 Å². The zero-order valence-electron chi connectivity index (χ0n) is 15.6. The van der Waals surface area contributed by atoms with Crippen molar-refractivity contribution in [1.82, 2.24) is 4.90 Å². The van der Waals surface area contributed by atoms with E-state index in [4.69, 9.17) is 25.8 Å². The SMILES string of the molecule is COc1cc(/C=N\Nc2ccccc2Cl)ccc1OCC(=O)N1CCOCC1. The van der Waals surface area contributed by atoms with Crippen LogP contribution in [-0.4, -0.2) is 57.0 Å². The number of methoxy groups -OCH3 is 1. The highest BCUT2D eigenvalue weighted by Gasteiger charge is 2.18. The lowest BCUT2D eigenvalue weighted by Gasteiger charge is -2.26. The van der Waals surface area contributed by atoms with Crippen molar-refractivity contribution in [2.45, 2.75) is 0 Å². The number of carbonyl (C=O) groups is 1. The highest BCUT2D eigenvalue weighted by atomic mass is 35.5. The quantitative estimate of drug-likeness (QED) is 0.568. The summed E-state index contributed by atoms with van der Waals surface area (Å²) >= 11 is 6.08. The molecule has 0 aromatic heterocycles. The van der Waals surface area contributed by atoms with Crippen molar-refractivity contribution in [3.63, 3.8) is 0 Å². The molecule has 148 valence electrons. The molecule has 2 aromatic carbocycles. The van der Waals surface area contributed by atoms with E-state index in [0.717, 1.165) is 5.56 Å². The molecule has 1 aliphatic heterocycles. The second-order valence-electron chi connectivity index (χ2n) is 6.04. The summed E-state index contributed by atoms with van der Waals surface area (Å²) in [6, 6.07) is 12.7. The summed E-state index contributed by atoms with van der Waals surface area (Å²) in [7, 11) is 1.55. The maximum absolute atomic E-state index is 12.2. The molecule has 1 amide bonds. The summed E-state index contributed by atoms with van der Waals surface area (Å²) < 4.78 is 16.3. The van der Waals surface area contributed by atoms with E-state index >= 15 is 0 Å². The molecule has 1 fully saturated rings. The number of halogens is 1. The fraction of sp³-hybridized carbons (Fsp3) is 0.300. The third-order valence-corrected chi connectivity index (χ3v) is 4.50. The Bertz CT molecular complexity index is 838. The Morgan fingerprint density at radius 2 is 2.04 bits per heavy atom. The lowest BCUT2D eigenvalue weighted by molar-refractivity contribution is -0.137. The molecule has 2 aromatic rings. The predicted molar refractivity (Wildman–Crippen MR) is 109 cm³/mol. The van der Waals surface area contributed by atoms with E-state index in [9.17, 15) is 4.79 Å². The molecule has 0 bridgehead atoms. The third-order valence-electron chi connectivity index (χ3n) is 4.18. The number of ether oxygens (including phenoxy) is 3. The number of rotatable bonds is 7. The zero-order chi connectivity index (χ0) is 19.8. The zero-order valence-corrected chi connectivity index (χ0v) is 16.3. The number of amides is 1. The molecule has 1 heterocycles. The van der Waals surface area contributed by atoms with Gasteiger partial charge in [-0.05, 0) is 35.9 Å². The molecule has 8 heteroatoms. The first-order valence-corrected chi connectivity index (χ1v) is 9.25. The summed E-state index contributed by atoms with van der Waals surface area (Å²) in [5.41, 5.74) is 4.42. The lowest BCUT2D eigenvalue weighted by atomic mass is 10.2. The van der Waals surface area contributed by atoms with Crippen LogP contribution in [0.4, 0.5) is 5.69 Å². The molecule has 0 saturated carbocycles. The number of benzene rings is 2. The Balaban J connectivity index is 1.59. The Hall–Kier alpha value is -2.77. The third kappa shape index (κ3) is 5.37. The predicted octanol–water partition coefficient (Wildman–Crippen LogP) is 3.03. The maximum atomic E-state index is 12.2. The van der Waals surface area contributed by atoms with Gasteiger partial charge >= 0.3 is 0 Å². The van der Waals surface area contributed by atoms with Gasteiger partial charge in [-0.3, -0.25) is 10.2 Å². The standard InChI is InChI=1S/C20H22ClN3O4/c1-26-19-12-15(13-22-23-17-5-3-2-4-16(17)21)6-7-18(19)28-14-20(25)24-8-10-27-11-9-24/h2-7,12-13,23H,8-11,14H2,1H3/b22-13-. The fourth-order valence-corrected chi connectivity index (χ4v) is 2.83. The van der Waals surface area contributed by atoms with Gasteiger partial charge in [0.2, 0.25) is 0 Å². The van der Waals surface area contributed by atoms with Crippen molar-refractivity contribution in [1.29, 1.82) is 0 Å². The smallest absolute Gasteiger partial charge is 0.260 e.